The molecule has 3 nitrogen and oxygen atoms in total. The summed E-state index contributed by atoms with van der Waals surface area (Å²) in [6.07, 6.45) is 1.29. The number of carbonyl (C=O) groups excluding carboxylic acids is 1. The SMILES string of the molecule is CN1c2ccccc2Sc2cc(C3CCC(=O)N3c3cc(Cl)cc(Cl)c3)ccc21. The monoisotopic (exact) mass is 440 g/mol. The van der Waals surface area contributed by atoms with Crippen molar-refractivity contribution in [3.8, 4) is 0 Å². The summed E-state index contributed by atoms with van der Waals surface area (Å²) in [5, 5.41) is 1.07. The van der Waals surface area contributed by atoms with E-state index in [2.05, 4.69) is 54.4 Å². The lowest BCUT2D eigenvalue weighted by Crippen LogP contribution is -2.27. The Morgan fingerprint density at radius 3 is 2.45 bits per heavy atom. The average Bonchev–Trinajstić information content (AvgIpc) is 3.08. The molecule has 2 heterocycles. The number of halogens is 2. The molecule has 0 spiro atoms. The maximum atomic E-state index is 12.7. The highest BCUT2D eigenvalue weighted by atomic mass is 35.5. The number of para-hydroxylation sites is 1. The van der Waals surface area contributed by atoms with E-state index in [0.717, 1.165) is 17.7 Å². The van der Waals surface area contributed by atoms with Crippen LogP contribution in [-0.4, -0.2) is 13.0 Å². The smallest absolute Gasteiger partial charge is 0.227 e. The third-order valence-electron chi connectivity index (χ3n) is 5.51. The first-order valence-electron chi connectivity index (χ1n) is 9.44. The highest BCUT2D eigenvalue weighted by Gasteiger charge is 2.34. The molecule has 1 fully saturated rings. The van der Waals surface area contributed by atoms with E-state index in [4.69, 9.17) is 23.2 Å². The number of carbonyl (C=O) groups is 1. The van der Waals surface area contributed by atoms with Crippen LogP contribution >= 0.6 is 35.0 Å². The molecule has 1 amide bonds. The van der Waals surface area contributed by atoms with E-state index in [1.807, 2.05) is 4.90 Å². The van der Waals surface area contributed by atoms with Gasteiger partial charge in [-0.3, -0.25) is 4.79 Å². The topological polar surface area (TPSA) is 23.6 Å². The van der Waals surface area contributed by atoms with Gasteiger partial charge in [0.2, 0.25) is 5.91 Å². The van der Waals surface area contributed by atoms with Gasteiger partial charge < -0.3 is 9.80 Å². The van der Waals surface area contributed by atoms with Crippen LogP contribution < -0.4 is 9.80 Å². The van der Waals surface area contributed by atoms with E-state index in [9.17, 15) is 4.79 Å². The number of benzene rings is 3. The molecule has 0 radical (unpaired) electrons. The third kappa shape index (κ3) is 3.29. The first kappa shape index (κ1) is 18.9. The summed E-state index contributed by atoms with van der Waals surface area (Å²) in [6, 6.07) is 20.2. The first-order valence-corrected chi connectivity index (χ1v) is 11.0. The van der Waals surface area contributed by atoms with Crippen LogP contribution in [0.25, 0.3) is 0 Å². The van der Waals surface area contributed by atoms with Crippen molar-refractivity contribution in [2.24, 2.45) is 0 Å². The van der Waals surface area contributed by atoms with Crippen LogP contribution in [0, 0.1) is 0 Å². The maximum absolute atomic E-state index is 12.7. The number of nitrogens with zero attached hydrogens (tertiary/aromatic N) is 2. The number of hydrogen-bond acceptors (Lipinski definition) is 3. The highest BCUT2D eigenvalue weighted by Crippen LogP contribution is 2.49. The van der Waals surface area contributed by atoms with Crippen molar-refractivity contribution < 1.29 is 4.79 Å². The predicted octanol–water partition coefficient (Wildman–Crippen LogP) is 7.09. The Hall–Kier alpha value is -2.14. The summed E-state index contributed by atoms with van der Waals surface area (Å²) >= 11 is 14.2. The van der Waals surface area contributed by atoms with Crippen LogP contribution in [0.5, 0.6) is 0 Å². The highest BCUT2D eigenvalue weighted by molar-refractivity contribution is 7.99. The van der Waals surface area contributed by atoms with Gasteiger partial charge in [-0.1, -0.05) is 53.2 Å². The minimum Gasteiger partial charge on any atom is -0.343 e. The van der Waals surface area contributed by atoms with Gasteiger partial charge in [0.15, 0.2) is 0 Å². The second-order valence-electron chi connectivity index (χ2n) is 7.30. The lowest BCUT2D eigenvalue weighted by molar-refractivity contribution is -0.117. The molecule has 0 saturated carbocycles. The van der Waals surface area contributed by atoms with Crippen LogP contribution in [-0.2, 0) is 4.79 Å². The summed E-state index contributed by atoms with van der Waals surface area (Å²) in [6.45, 7) is 0. The van der Waals surface area contributed by atoms with Crippen LogP contribution in [0.15, 0.2) is 70.5 Å². The minimum absolute atomic E-state index is 0.0228. The largest absolute Gasteiger partial charge is 0.343 e. The standard InChI is InChI=1S/C23H18Cl2N2OS/c1-26-19-4-2-3-5-21(19)29-22-10-14(6-7-20(22)26)18-8-9-23(28)27(18)17-12-15(24)11-16(25)13-17/h2-7,10-13,18H,8-9H2,1H3. The molecule has 6 heteroatoms. The summed E-state index contributed by atoms with van der Waals surface area (Å²) in [4.78, 5) is 19.2. The Kier molecular flexibility index (Phi) is 4.73. The van der Waals surface area contributed by atoms with Gasteiger partial charge in [0.25, 0.3) is 0 Å². The van der Waals surface area contributed by atoms with Crippen molar-refractivity contribution in [1.82, 2.24) is 0 Å². The van der Waals surface area contributed by atoms with E-state index in [1.54, 1.807) is 30.0 Å². The summed E-state index contributed by atoms with van der Waals surface area (Å²) in [5.41, 5.74) is 4.27. The molecule has 2 aliphatic heterocycles. The molecule has 0 bridgehead atoms. The van der Waals surface area contributed by atoms with E-state index >= 15 is 0 Å². The van der Waals surface area contributed by atoms with Crippen molar-refractivity contribution in [1.29, 1.82) is 0 Å². The predicted molar refractivity (Wildman–Crippen MR) is 121 cm³/mol. The van der Waals surface area contributed by atoms with Gasteiger partial charge in [-0.25, -0.2) is 0 Å². The molecule has 0 N–H and O–H groups in total. The molecule has 1 unspecified atom stereocenters. The Morgan fingerprint density at radius 2 is 1.66 bits per heavy atom. The summed E-state index contributed by atoms with van der Waals surface area (Å²) in [5.74, 6) is 0.0983. The molecular formula is C23H18Cl2N2OS. The molecule has 0 aliphatic carbocycles. The molecule has 5 rings (SSSR count). The fourth-order valence-corrected chi connectivity index (χ4v) is 5.88. The van der Waals surface area contributed by atoms with Gasteiger partial charge in [0.1, 0.15) is 0 Å². The normalized spacial score (nSPS) is 18.0. The van der Waals surface area contributed by atoms with Gasteiger partial charge in [-0.2, -0.15) is 0 Å². The van der Waals surface area contributed by atoms with E-state index < -0.39 is 0 Å². The molecule has 2 aliphatic rings. The van der Waals surface area contributed by atoms with Crippen LogP contribution in [0.3, 0.4) is 0 Å². The molecule has 3 aromatic rings. The molecule has 29 heavy (non-hydrogen) atoms. The zero-order valence-electron chi connectivity index (χ0n) is 15.7. The fraction of sp³-hybridized carbons (Fsp3) is 0.174. The average molecular weight is 441 g/mol. The molecule has 1 atom stereocenters. The zero-order chi connectivity index (χ0) is 20.1. The molecule has 0 aromatic heterocycles. The number of amides is 1. The van der Waals surface area contributed by atoms with E-state index in [0.29, 0.717) is 16.5 Å². The number of fused-ring (bicyclic) bond motifs is 2. The lowest BCUT2D eigenvalue weighted by atomic mass is 10.0. The summed E-state index contributed by atoms with van der Waals surface area (Å²) < 4.78 is 0. The maximum Gasteiger partial charge on any atom is 0.227 e. The molecule has 146 valence electrons. The second-order valence-corrected chi connectivity index (χ2v) is 9.26. The van der Waals surface area contributed by atoms with E-state index in [-0.39, 0.29) is 11.9 Å². The quantitative estimate of drug-likeness (QED) is 0.424. The number of anilines is 3. The fourth-order valence-electron chi connectivity index (χ4n) is 4.17. The number of hydrogen-bond donors (Lipinski definition) is 0. The Labute approximate surface area is 184 Å². The zero-order valence-corrected chi connectivity index (χ0v) is 18.1. The molecular weight excluding hydrogens is 423 g/mol. The van der Waals surface area contributed by atoms with Crippen molar-refractivity contribution in [2.45, 2.75) is 28.7 Å². The lowest BCUT2D eigenvalue weighted by Gasteiger charge is -2.31. The Bertz CT molecular complexity index is 1110. The van der Waals surface area contributed by atoms with Gasteiger partial charge in [0, 0.05) is 39.0 Å². The van der Waals surface area contributed by atoms with Gasteiger partial charge in [-0.15, -0.1) is 0 Å². The van der Waals surface area contributed by atoms with Crippen molar-refractivity contribution in [3.05, 3.63) is 76.3 Å². The van der Waals surface area contributed by atoms with Gasteiger partial charge in [0.05, 0.1) is 17.4 Å². The van der Waals surface area contributed by atoms with Crippen LogP contribution in [0.4, 0.5) is 17.1 Å². The van der Waals surface area contributed by atoms with E-state index in [1.165, 1.54) is 21.2 Å². The molecule has 3 aromatic carbocycles. The number of rotatable bonds is 2. The Balaban J connectivity index is 1.54. The minimum atomic E-state index is -0.0228. The van der Waals surface area contributed by atoms with Crippen LogP contribution in [0.1, 0.15) is 24.4 Å². The molecule has 1 saturated heterocycles. The van der Waals surface area contributed by atoms with Gasteiger partial charge >= 0.3 is 0 Å². The summed E-state index contributed by atoms with van der Waals surface area (Å²) in [7, 11) is 2.09. The second kappa shape index (κ2) is 7.28. The van der Waals surface area contributed by atoms with Crippen molar-refractivity contribution in [2.75, 3.05) is 16.8 Å². The van der Waals surface area contributed by atoms with Crippen LogP contribution in [0.2, 0.25) is 10.0 Å². The Morgan fingerprint density at radius 1 is 0.931 bits per heavy atom. The van der Waals surface area contributed by atoms with Gasteiger partial charge in [-0.05, 0) is 54.4 Å². The van der Waals surface area contributed by atoms with Crippen molar-refractivity contribution >= 4 is 57.9 Å². The van der Waals surface area contributed by atoms with Crippen molar-refractivity contribution in [3.63, 3.8) is 0 Å². The third-order valence-corrected chi connectivity index (χ3v) is 7.06. The first-order chi connectivity index (χ1) is 14.0.